The smallest absolute Gasteiger partial charge is 0.396 e. The average molecular weight is 331 g/mol. The summed E-state index contributed by atoms with van der Waals surface area (Å²) >= 11 is 0. The highest BCUT2D eigenvalue weighted by Crippen LogP contribution is 2.42. The number of hydrogen-bond donors (Lipinski definition) is 2. The molecule has 2 heterocycles. The van der Waals surface area contributed by atoms with Gasteiger partial charge in [0.1, 0.15) is 0 Å². The van der Waals surface area contributed by atoms with Gasteiger partial charge in [0.2, 0.25) is 0 Å². The molecule has 0 aromatic heterocycles. The number of halogens is 3. The van der Waals surface area contributed by atoms with Crippen molar-refractivity contribution in [3.63, 3.8) is 0 Å². The lowest BCUT2D eigenvalue weighted by molar-refractivity contribution is -0.151. The van der Waals surface area contributed by atoms with E-state index in [1.807, 2.05) is 4.90 Å². The minimum absolute atomic E-state index is 0.0762. The lowest BCUT2D eigenvalue weighted by atomic mass is 9.85. The summed E-state index contributed by atoms with van der Waals surface area (Å²) in [6, 6.07) is 5.00. The van der Waals surface area contributed by atoms with Gasteiger partial charge in [0.25, 0.3) is 0 Å². The molecule has 1 aromatic carbocycles. The second kappa shape index (κ2) is 6.05. The summed E-state index contributed by atoms with van der Waals surface area (Å²) in [5, 5.41) is 19.5. The predicted octanol–water partition coefficient (Wildman–Crippen LogP) is 1.82. The maximum Gasteiger partial charge on any atom is 0.416 e. The fourth-order valence-corrected chi connectivity index (χ4v) is 3.48. The maximum absolute atomic E-state index is 13.3. The van der Waals surface area contributed by atoms with Crippen LogP contribution in [0.3, 0.4) is 0 Å². The molecule has 128 valence electrons. The molecule has 1 aromatic rings. The van der Waals surface area contributed by atoms with Gasteiger partial charge in [-0.2, -0.15) is 13.2 Å². The molecule has 23 heavy (non-hydrogen) atoms. The van der Waals surface area contributed by atoms with E-state index in [-0.39, 0.29) is 18.6 Å². The summed E-state index contributed by atoms with van der Waals surface area (Å²) in [5.41, 5.74) is -0.910. The van der Waals surface area contributed by atoms with Crippen LogP contribution in [0.4, 0.5) is 13.2 Å². The van der Waals surface area contributed by atoms with Crippen molar-refractivity contribution in [1.82, 2.24) is 4.90 Å². The van der Waals surface area contributed by atoms with Crippen LogP contribution in [0.15, 0.2) is 24.3 Å². The summed E-state index contributed by atoms with van der Waals surface area (Å²) in [5.74, 6) is 0. The zero-order valence-corrected chi connectivity index (χ0v) is 12.6. The third-order valence-corrected chi connectivity index (χ3v) is 4.70. The number of β-amino-alcohol motifs (C(OH)–C–C–N with tert-alkyl or cyclic N) is 1. The van der Waals surface area contributed by atoms with Crippen LogP contribution in [0.25, 0.3) is 0 Å². The van der Waals surface area contributed by atoms with E-state index in [1.165, 1.54) is 12.1 Å². The molecule has 3 rings (SSSR count). The molecule has 2 fully saturated rings. The Kier molecular flexibility index (Phi) is 4.39. The molecule has 2 aliphatic heterocycles. The molecule has 4 nitrogen and oxygen atoms in total. The number of benzene rings is 1. The summed E-state index contributed by atoms with van der Waals surface area (Å²) < 4.78 is 45.0. The number of alkyl halides is 3. The first kappa shape index (κ1) is 16.7. The van der Waals surface area contributed by atoms with E-state index in [0.717, 1.165) is 6.07 Å². The van der Waals surface area contributed by atoms with E-state index in [0.29, 0.717) is 26.3 Å². The molecule has 2 saturated heterocycles. The number of likely N-dealkylation sites (tertiary alicyclic amines) is 1. The molecule has 2 atom stereocenters. The van der Waals surface area contributed by atoms with Gasteiger partial charge >= 0.3 is 6.18 Å². The lowest BCUT2D eigenvalue weighted by Gasteiger charge is -2.43. The zero-order valence-electron chi connectivity index (χ0n) is 12.6. The Labute approximate surface area is 132 Å². The van der Waals surface area contributed by atoms with Crippen LogP contribution in [0, 0.1) is 5.41 Å². The quantitative estimate of drug-likeness (QED) is 0.884. The van der Waals surface area contributed by atoms with Crippen LogP contribution in [0.1, 0.15) is 23.6 Å². The highest BCUT2D eigenvalue weighted by atomic mass is 19.4. The summed E-state index contributed by atoms with van der Waals surface area (Å²) in [6.07, 6.45) is -4.84. The Hall–Kier alpha value is -1.15. The van der Waals surface area contributed by atoms with Crippen molar-refractivity contribution in [2.75, 3.05) is 32.9 Å². The van der Waals surface area contributed by atoms with Crippen LogP contribution in [0.5, 0.6) is 0 Å². The van der Waals surface area contributed by atoms with Gasteiger partial charge in [-0.05, 0) is 18.1 Å². The van der Waals surface area contributed by atoms with Gasteiger partial charge in [0.05, 0.1) is 36.9 Å². The minimum atomic E-state index is -4.43. The highest BCUT2D eigenvalue weighted by Gasteiger charge is 2.45. The molecule has 0 bridgehead atoms. The first-order valence-electron chi connectivity index (χ1n) is 7.61. The number of aliphatic hydroxyl groups excluding tert-OH is 2. The van der Waals surface area contributed by atoms with E-state index >= 15 is 0 Å². The largest absolute Gasteiger partial charge is 0.416 e. The Bertz CT molecular complexity index is 554. The highest BCUT2D eigenvalue weighted by molar-refractivity contribution is 5.33. The Morgan fingerprint density at radius 3 is 2.52 bits per heavy atom. The molecule has 7 heteroatoms. The number of ether oxygens (including phenoxy) is 1. The maximum atomic E-state index is 13.3. The molecular weight excluding hydrogens is 311 g/mol. The van der Waals surface area contributed by atoms with E-state index in [4.69, 9.17) is 4.74 Å². The molecule has 2 unspecified atom stereocenters. The van der Waals surface area contributed by atoms with Crippen LogP contribution in [-0.4, -0.2) is 54.1 Å². The zero-order chi connectivity index (χ0) is 16.7. The van der Waals surface area contributed by atoms with Crippen molar-refractivity contribution in [2.45, 2.75) is 24.7 Å². The molecule has 0 aliphatic carbocycles. The summed E-state index contributed by atoms with van der Waals surface area (Å²) in [7, 11) is 0. The Balaban J connectivity index is 1.88. The fraction of sp³-hybridized carbons (Fsp3) is 0.625. The van der Waals surface area contributed by atoms with Crippen molar-refractivity contribution in [1.29, 1.82) is 0 Å². The van der Waals surface area contributed by atoms with Gasteiger partial charge in [-0.3, -0.25) is 4.90 Å². The minimum Gasteiger partial charge on any atom is -0.396 e. The first-order valence-corrected chi connectivity index (χ1v) is 7.61. The van der Waals surface area contributed by atoms with E-state index < -0.39 is 29.3 Å². The predicted molar refractivity (Wildman–Crippen MR) is 76.7 cm³/mol. The molecule has 2 N–H and O–H groups in total. The van der Waals surface area contributed by atoms with Crippen LogP contribution in [0.2, 0.25) is 0 Å². The summed E-state index contributed by atoms with van der Waals surface area (Å²) in [6.45, 7) is 1.43. The second-order valence-electron chi connectivity index (χ2n) is 6.57. The first-order chi connectivity index (χ1) is 10.8. The van der Waals surface area contributed by atoms with Crippen molar-refractivity contribution >= 4 is 0 Å². The average Bonchev–Trinajstić information content (AvgIpc) is 2.82. The third-order valence-electron chi connectivity index (χ3n) is 4.70. The SMILES string of the molecule is OCC1(CN2CC(O)CC2c2ccccc2C(F)(F)F)COC1. The number of aliphatic hydroxyl groups is 2. The van der Waals surface area contributed by atoms with Gasteiger partial charge in [-0.15, -0.1) is 0 Å². The Morgan fingerprint density at radius 2 is 1.96 bits per heavy atom. The molecule has 0 spiro atoms. The molecular formula is C16H20F3NO3. The number of nitrogens with zero attached hydrogens (tertiary/aromatic N) is 1. The number of rotatable bonds is 4. The van der Waals surface area contributed by atoms with Crippen LogP contribution < -0.4 is 0 Å². The lowest BCUT2D eigenvalue weighted by Crippen LogP contribution is -2.53. The third kappa shape index (κ3) is 3.24. The molecule has 0 radical (unpaired) electrons. The molecule has 0 amide bonds. The molecule has 0 saturated carbocycles. The number of hydrogen-bond acceptors (Lipinski definition) is 4. The van der Waals surface area contributed by atoms with Crippen molar-refractivity contribution < 1.29 is 28.1 Å². The van der Waals surface area contributed by atoms with Gasteiger partial charge in [-0.25, -0.2) is 0 Å². The van der Waals surface area contributed by atoms with Gasteiger partial charge in [-0.1, -0.05) is 18.2 Å². The topological polar surface area (TPSA) is 52.9 Å². The second-order valence-corrected chi connectivity index (χ2v) is 6.57. The van der Waals surface area contributed by atoms with Crippen molar-refractivity contribution in [2.24, 2.45) is 5.41 Å². The van der Waals surface area contributed by atoms with Crippen molar-refractivity contribution in [3.8, 4) is 0 Å². The van der Waals surface area contributed by atoms with Gasteiger partial charge in [0.15, 0.2) is 0 Å². The van der Waals surface area contributed by atoms with Crippen molar-refractivity contribution in [3.05, 3.63) is 35.4 Å². The normalized spacial score (nSPS) is 27.9. The summed E-state index contributed by atoms with van der Waals surface area (Å²) in [4.78, 5) is 1.84. The van der Waals surface area contributed by atoms with Crippen LogP contribution >= 0.6 is 0 Å². The van der Waals surface area contributed by atoms with Gasteiger partial charge in [0, 0.05) is 19.1 Å². The standard InChI is InChI=1S/C16H20F3NO3/c17-16(18,19)13-4-2-1-3-12(13)14-5-11(22)6-20(14)7-15(8-21)9-23-10-15/h1-4,11,14,21-22H,5-10H2. The monoisotopic (exact) mass is 331 g/mol. The molecule has 2 aliphatic rings. The van der Waals surface area contributed by atoms with Gasteiger partial charge < -0.3 is 14.9 Å². The van der Waals surface area contributed by atoms with E-state index in [9.17, 15) is 23.4 Å². The fourth-order valence-electron chi connectivity index (χ4n) is 3.48. The van der Waals surface area contributed by atoms with E-state index in [2.05, 4.69) is 0 Å². The van der Waals surface area contributed by atoms with Crippen LogP contribution in [-0.2, 0) is 10.9 Å². The van der Waals surface area contributed by atoms with E-state index in [1.54, 1.807) is 6.07 Å². The Morgan fingerprint density at radius 1 is 1.26 bits per heavy atom.